The molecule has 37 heavy (non-hydrogen) atoms. The number of alkyl halides is 3. The second-order valence-corrected chi connectivity index (χ2v) is 7.93. The van der Waals surface area contributed by atoms with E-state index >= 15 is 0 Å². The fourth-order valence-corrected chi connectivity index (χ4v) is 3.48. The number of hydrogen-bond donors (Lipinski definition) is 2. The number of nitrogens with zero attached hydrogens (tertiary/aromatic N) is 4. The fourth-order valence-electron chi connectivity index (χ4n) is 3.48. The molecule has 0 aliphatic carbocycles. The van der Waals surface area contributed by atoms with E-state index < -0.39 is 36.8 Å². The van der Waals surface area contributed by atoms with E-state index in [1.807, 2.05) is 0 Å². The van der Waals surface area contributed by atoms with Crippen LogP contribution in [-0.2, 0) is 4.79 Å². The molecule has 192 valence electrons. The highest BCUT2D eigenvalue weighted by molar-refractivity contribution is 5.99. The average molecular weight is 517 g/mol. The number of pyridine rings is 1. The molecular formula is C24H20F4N6O3. The van der Waals surface area contributed by atoms with Gasteiger partial charge in [0, 0.05) is 19.6 Å². The summed E-state index contributed by atoms with van der Waals surface area (Å²) >= 11 is 0. The number of hydrogen-bond acceptors (Lipinski definition) is 6. The summed E-state index contributed by atoms with van der Waals surface area (Å²) in [5, 5.41) is 9.45. The van der Waals surface area contributed by atoms with Crippen LogP contribution in [0.3, 0.4) is 0 Å². The summed E-state index contributed by atoms with van der Waals surface area (Å²) in [5.74, 6) is -2.40. The van der Waals surface area contributed by atoms with Crippen molar-refractivity contribution in [1.29, 1.82) is 0 Å². The molecule has 0 aliphatic rings. The third-order valence-electron chi connectivity index (χ3n) is 5.03. The number of rotatable bonds is 6. The van der Waals surface area contributed by atoms with E-state index in [1.54, 1.807) is 25.1 Å². The zero-order valence-corrected chi connectivity index (χ0v) is 19.4. The zero-order valence-electron chi connectivity index (χ0n) is 20.4. The number of nitrogens with one attached hydrogen (secondary N) is 2. The predicted molar refractivity (Wildman–Crippen MR) is 124 cm³/mol. The third-order valence-corrected chi connectivity index (χ3v) is 5.03. The van der Waals surface area contributed by atoms with Crippen molar-refractivity contribution in [1.82, 2.24) is 24.9 Å². The van der Waals surface area contributed by atoms with E-state index in [-0.39, 0.29) is 34.2 Å². The summed E-state index contributed by atoms with van der Waals surface area (Å²) in [4.78, 5) is 33.2. The lowest BCUT2D eigenvalue weighted by Crippen LogP contribution is -2.28. The van der Waals surface area contributed by atoms with E-state index in [1.165, 1.54) is 23.7 Å². The molecule has 13 heteroatoms. The third kappa shape index (κ3) is 6.00. The predicted octanol–water partition coefficient (Wildman–Crippen LogP) is 4.59. The Morgan fingerprint density at radius 1 is 1.14 bits per heavy atom. The number of carbonyl (C=O) groups is 2. The van der Waals surface area contributed by atoms with Gasteiger partial charge in [-0.05, 0) is 56.3 Å². The van der Waals surface area contributed by atoms with Gasteiger partial charge in [-0.1, -0.05) is 0 Å². The molecule has 0 unspecified atom stereocenters. The summed E-state index contributed by atoms with van der Waals surface area (Å²) in [5.41, 5.74) is 1.10. The Morgan fingerprint density at radius 3 is 2.62 bits per heavy atom. The van der Waals surface area contributed by atoms with Crippen LogP contribution >= 0.6 is 0 Å². The molecule has 3 heterocycles. The molecule has 0 fully saturated rings. The molecule has 0 aliphatic heterocycles. The Morgan fingerprint density at radius 2 is 1.92 bits per heavy atom. The Kier molecular flexibility index (Phi) is 6.42. The Hall–Kier alpha value is -4.55. The number of benzene rings is 1. The summed E-state index contributed by atoms with van der Waals surface area (Å²) in [6, 6.07) is 7.27. The number of fused-ring (bicyclic) bond motifs is 1. The Labute approximate surface area is 208 Å². The monoisotopic (exact) mass is 517 g/mol. The molecule has 4 rings (SSSR count). The topological polar surface area (TPSA) is 111 Å². The van der Waals surface area contributed by atoms with Crippen LogP contribution in [0, 0.1) is 12.7 Å². The van der Waals surface area contributed by atoms with Crippen LogP contribution in [0.2, 0.25) is 0 Å². The van der Waals surface area contributed by atoms with E-state index in [9.17, 15) is 27.2 Å². The maximum atomic E-state index is 14.5. The molecule has 1 aromatic carbocycles. The Balaban J connectivity index is 1.66. The minimum atomic E-state index is -5.00. The van der Waals surface area contributed by atoms with Gasteiger partial charge in [-0.25, -0.2) is 13.9 Å². The molecule has 2 N–H and O–H groups in total. The first-order chi connectivity index (χ1) is 17.9. The molecule has 1 atom stereocenters. The lowest BCUT2D eigenvalue weighted by molar-refractivity contribution is -0.274. The zero-order chi connectivity index (χ0) is 27.6. The van der Waals surface area contributed by atoms with Gasteiger partial charge in [0.15, 0.2) is 11.5 Å². The van der Waals surface area contributed by atoms with Crippen molar-refractivity contribution in [3.05, 3.63) is 71.3 Å². The van der Waals surface area contributed by atoms with Crippen LogP contribution in [0.5, 0.6) is 5.75 Å². The molecule has 0 radical (unpaired) electrons. The number of ether oxygens (including phenoxy) is 1. The van der Waals surface area contributed by atoms with E-state index in [0.29, 0.717) is 11.3 Å². The van der Waals surface area contributed by atoms with Gasteiger partial charge in [-0.3, -0.25) is 14.6 Å². The van der Waals surface area contributed by atoms with E-state index in [4.69, 9.17) is 1.37 Å². The van der Waals surface area contributed by atoms with Crippen molar-refractivity contribution < 1.29 is 33.3 Å². The highest BCUT2D eigenvalue weighted by atomic mass is 19.4. The van der Waals surface area contributed by atoms with Gasteiger partial charge in [-0.15, -0.1) is 13.2 Å². The highest BCUT2D eigenvalue weighted by Crippen LogP contribution is 2.28. The van der Waals surface area contributed by atoms with Crippen LogP contribution in [0.15, 0.2) is 48.7 Å². The SMILES string of the molecule is [2H]C[C@@H](NC(=O)c1ccc(C)nc1-c1ccc2nc(NC(C)=O)cn2n1)c1cc(OC(F)(F)F)ccc1F. The van der Waals surface area contributed by atoms with Gasteiger partial charge >= 0.3 is 6.36 Å². The smallest absolute Gasteiger partial charge is 0.406 e. The van der Waals surface area contributed by atoms with Crippen molar-refractivity contribution >= 4 is 23.3 Å². The molecule has 2 amide bonds. The number of imidazole rings is 1. The van der Waals surface area contributed by atoms with Crippen LogP contribution in [0.4, 0.5) is 23.4 Å². The minimum absolute atomic E-state index is 0.0335. The van der Waals surface area contributed by atoms with Crippen LogP contribution in [-0.4, -0.2) is 37.8 Å². The minimum Gasteiger partial charge on any atom is -0.406 e. The van der Waals surface area contributed by atoms with Gasteiger partial charge in [0.05, 0.1) is 17.8 Å². The van der Waals surface area contributed by atoms with Gasteiger partial charge in [-0.2, -0.15) is 5.10 Å². The molecule has 4 aromatic rings. The molecule has 0 bridgehead atoms. The summed E-state index contributed by atoms with van der Waals surface area (Å²) in [7, 11) is 0. The lowest BCUT2D eigenvalue weighted by atomic mass is 10.1. The molecule has 0 saturated carbocycles. The fraction of sp³-hybridized carbons (Fsp3) is 0.208. The molecular weight excluding hydrogens is 496 g/mol. The van der Waals surface area contributed by atoms with Gasteiger partial charge in [0.25, 0.3) is 5.91 Å². The number of aromatic nitrogens is 4. The van der Waals surface area contributed by atoms with Crippen molar-refractivity contribution in [2.24, 2.45) is 0 Å². The summed E-state index contributed by atoms with van der Waals surface area (Å²) < 4.78 is 65.4. The first-order valence-electron chi connectivity index (χ1n) is 11.4. The van der Waals surface area contributed by atoms with Crippen LogP contribution in [0.1, 0.15) is 42.9 Å². The second kappa shape index (κ2) is 9.84. The van der Waals surface area contributed by atoms with E-state index in [2.05, 4.69) is 30.4 Å². The number of amides is 2. The first-order valence-corrected chi connectivity index (χ1v) is 10.7. The molecule has 0 saturated heterocycles. The normalized spacial score (nSPS) is 12.6. The van der Waals surface area contributed by atoms with Crippen molar-refractivity contribution in [2.75, 3.05) is 5.32 Å². The summed E-state index contributed by atoms with van der Waals surface area (Å²) in [6.07, 6.45) is -3.52. The summed E-state index contributed by atoms with van der Waals surface area (Å²) in [6.45, 7) is 2.46. The maximum Gasteiger partial charge on any atom is 0.573 e. The number of halogens is 4. The van der Waals surface area contributed by atoms with Crippen LogP contribution < -0.4 is 15.4 Å². The highest BCUT2D eigenvalue weighted by Gasteiger charge is 2.31. The maximum absolute atomic E-state index is 14.5. The number of anilines is 1. The van der Waals surface area contributed by atoms with Gasteiger partial charge < -0.3 is 15.4 Å². The standard InChI is InChI=1S/C24H20F4N6O3/c1-12-4-6-16(22(29-12)19-8-9-21-32-20(31-14(3)35)11-34(21)33-19)23(36)30-13(2)17-10-15(5-7-18(17)25)37-24(26,27)28/h4-11,13H,1-3H3,(H,30,36)(H,31,35)/t13-/m1/s1/i2D. The first kappa shape index (κ1) is 24.2. The quantitative estimate of drug-likeness (QED) is 0.362. The van der Waals surface area contributed by atoms with Crippen molar-refractivity contribution in [2.45, 2.75) is 33.2 Å². The van der Waals surface area contributed by atoms with Gasteiger partial charge in [0.2, 0.25) is 5.91 Å². The molecule has 0 spiro atoms. The number of aryl methyl sites for hydroxylation is 1. The molecule has 3 aromatic heterocycles. The second-order valence-electron chi connectivity index (χ2n) is 7.93. The Bertz CT molecular complexity index is 1530. The number of carbonyl (C=O) groups excluding carboxylic acids is 2. The van der Waals surface area contributed by atoms with Gasteiger partial charge in [0.1, 0.15) is 23.0 Å². The van der Waals surface area contributed by atoms with Crippen molar-refractivity contribution in [3.63, 3.8) is 0 Å². The lowest BCUT2D eigenvalue weighted by Gasteiger charge is -2.18. The van der Waals surface area contributed by atoms with Crippen molar-refractivity contribution in [3.8, 4) is 17.1 Å². The van der Waals surface area contributed by atoms with Crippen LogP contribution in [0.25, 0.3) is 17.0 Å². The molecule has 9 nitrogen and oxygen atoms in total. The van der Waals surface area contributed by atoms with E-state index in [0.717, 1.165) is 18.2 Å². The largest absolute Gasteiger partial charge is 0.573 e. The average Bonchev–Trinajstić information content (AvgIpc) is 3.23.